The largest absolute Gasteiger partial charge is 0.322 e. The molecule has 0 aliphatic heterocycles. The van der Waals surface area contributed by atoms with Crippen LogP contribution in [0.2, 0.25) is 0 Å². The number of hydrogen-bond donors (Lipinski definition) is 1. The molecule has 31 heavy (non-hydrogen) atoms. The van der Waals surface area contributed by atoms with Gasteiger partial charge in [0.2, 0.25) is 5.91 Å². The summed E-state index contributed by atoms with van der Waals surface area (Å²) in [6, 6.07) is 20.9. The lowest BCUT2D eigenvalue weighted by atomic mass is 10.1. The number of likely N-dealkylation sites (N-methyl/N-ethyl adjacent to an activating group) is 1. The van der Waals surface area contributed by atoms with Gasteiger partial charge in [-0.1, -0.05) is 36.4 Å². The Morgan fingerprint density at radius 2 is 1.65 bits per heavy atom. The minimum atomic E-state index is -0.507. The Hall–Kier alpha value is -4.00. The lowest BCUT2D eigenvalue weighted by molar-refractivity contribution is -0.385. The Kier molecular flexibility index (Phi) is 6.77. The maximum atomic E-state index is 12.7. The maximum Gasteiger partial charge on any atom is 0.273 e. The first kappa shape index (κ1) is 21.7. The number of anilines is 2. The van der Waals surface area contributed by atoms with Crippen LogP contribution in [0.25, 0.3) is 0 Å². The molecule has 0 unspecified atom stereocenters. The highest BCUT2D eigenvalue weighted by atomic mass is 16.6. The number of nitrogens with one attached hydrogen (secondary N) is 1. The molecule has 2 amide bonds. The molecule has 0 saturated heterocycles. The van der Waals surface area contributed by atoms with Crippen LogP contribution in [-0.2, 0) is 11.2 Å². The smallest absolute Gasteiger partial charge is 0.273 e. The minimum absolute atomic E-state index is 0.0160. The van der Waals surface area contributed by atoms with Crippen LogP contribution >= 0.6 is 0 Å². The number of carbonyl (C=O) groups is 2. The van der Waals surface area contributed by atoms with Gasteiger partial charge in [0.05, 0.1) is 11.3 Å². The molecule has 3 rings (SSSR count). The number of nitro groups is 1. The van der Waals surface area contributed by atoms with Gasteiger partial charge in [-0.25, -0.2) is 0 Å². The van der Waals surface area contributed by atoms with Crippen LogP contribution in [0, 0.1) is 17.0 Å². The molecule has 0 heterocycles. The number of nitrogens with zero attached hydrogens (tertiary/aromatic N) is 2. The van der Waals surface area contributed by atoms with E-state index in [0.29, 0.717) is 17.8 Å². The van der Waals surface area contributed by atoms with E-state index < -0.39 is 10.8 Å². The Bertz CT molecular complexity index is 1100. The summed E-state index contributed by atoms with van der Waals surface area (Å²) in [4.78, 5) is 37.6. The predicted molar refractivity (Wildman–Crippen MR) is 120 cm³/mol. The van der Waals surface area contributed by atoms with Crippen LogP contribution in [0.1, 0.15) is 28.4 Å². The van der Waals surface area contributed by atoms with Gasteiger partial charge < -0.3 is 10.2 Å². The van der Waals surface area contributed by atoms with Gasteiger partial charge in [-0.2, -0.15) is 0 Å². The molecule has 0 atom stereocenters. The first-order chi connectivity index (χ1) is 14.9. The van der Waals surface area contributed by atoms with Crippen molar-refractivity contribution in [2.75, 3.05) is 16.8 Å². The summed E-state index contributed by atoms with van der Waals surface area (Å²) in [5, 5.41) is 13.8. The first-order valence-corrected chi connectivity index (χ1v) is 9.90. The van der Waals surface area contributed by atoms with Crippen LogP contribution in [0.5, 0.6) is 0 Å². The fraction of sp³-hybridized carbons (Fsp3) is 0.167. The summed E-state index contributed by atoms with van der Waals surface area (Å²) >= 11 is 0. The van der Waals surface area contributed by atoms with Crippen LogP contribution in [0.15, 0.2) is 72.8 Å². The van der Waals surface area contributed by atoms with Crippen molar-refractivity contribution in [2.45, 2.75) is 20.3 Å². The number of hydrogen-bond acceptors (Lipinski definition) is 4. The van der Waals surface area contributed by atoms with E-state index in [0.717, 1.165) is 11.3 Å². The zero-order valence-electron chi connectivity index (χ0n) is 17.4. The van der Waals surface area contributed by atoms with E-state index in [4.69, 9.17) is 0 Å². The van der Waals surface area contributed by atoms with Gasteiger partial charge in [-0.3, -0.25) is 19.7 Å². The summed E-state index contributed by atoms with van der Waals surface area (Å²) in [6.07, 6.45) is 0.237. The molecule has 0 radical (unpaired) electrons. The lowest BCUT2D eigenvalue weighted by Gasteiger charge is -2.21. The van der Waals surface area contributed by atoms with E-state index in [1.54, 1.807) is 42.2 Å². The average molecular weight is 417 g/mol. The highest BCUT2D eigenvalue weighted by molar-refractivity contribution is 6.05. The Morgan fingerprint density at radius 1 is 0.968 bits per heavy atom. The molecule has 1 N–H and O–H groups in total. The first-order valence-electron chi connectivity index (χ1n) is 9.90. The number of amides is 2. The Morgan fingerprint density at radius 3 is 2.26 bits per heavy atom. The quantitative estimate of drug-likeness (QED) is 0.443. The molecule has 0 aromatic heterocycles. The molecule has 0 aliphatic carbocycles. The van der Waals surface area contributed by atoms with Crippen molar-refractivity contribution < 1.29 is 14.5 Å². The second-order valence-corrected chi connectivity index (χ2v) is 7.01. The highest BCUT2D eigenvalue weighted by Gasteiger charge is 2.18. The molecule has 3 aromatic carbocycles. The van der Waals surface area contributed by atoms with Gasteiger partial charge in [-0.15, -0.1) is 0 Å². The van der Waals surface area contributed by atoms with Gasteiger partial charge >= 0.3 is 0 Å². The summed E-state index contributed by atoms with van der Waals surface area (Å²) in [7, 11) is 0. The monoisotopic (exact) mass is 417 g/mol. The fourth-order valence-corrected chi connectivity index (χ4v) is 3.35. The minimum Gasteiger partial charge on any atom is -0.322 e. The molecule has 7 nitrogen and oxygen atoms in total. The van der Waals surface area contributed by atoms with E-state index >= 15 is 0 Å². The zero-order valence-corrected chi connectivity index (χ0v) is 17.4. The van der Waals surface area contributed by atoms with Gasteiger partial charge in [0, 0.05) is 35.1 Å². The van der Waals surface area contributed by atoms with E-state index in [1.165, 1.54) is 12.1 Å². The van der Waals surface area contributed by atoms with Gasteiger partial charge in [-0.05, 0) is 49.7 Å². The molecule has 0 aliphatic rings. The van der Waals surface area contributed by atoms with Crippen LogP contribution in [0.4, 0.5) is 17.1 Å². The van der Waals surface area contributed by atoms with Crippen molar-refractivity contribution in [1.29, 1.82) is 0 Å². The number of carbonyl (C=O) groups excluding carboxylic acids is 2. The maximum absolute atomic E-state index is 12.7. The molecule has 0 saturated carbocycles. The summed E-state index contributed by atoms with van der Waals surface area (Å²) in [6.45, 7) is 4.05. The van der Waals surface area contributed by atoms with Gasteiger partial charge in [0.1, 0.15) is 0 Å². The van der Waals surface area contributed by atoms with Crippen LogP contribution in [0.3, 0.4) is 0 Å². The molecular formula is C24H23N3O4. The topological polar surface area (TPSA) is 92.6 Å². The van der Waals surface area contributed by atoms with Crippen molar-refractivity contribution in [3.8, 4) is 0 Å². The highest BCUT2D eigenvalue weighted by Crippen LogP contribution is 2.22. The Balaban J connectivity index is 1.68. The third-order valence-corrected chi connectivity index (χ3v) is 5.00. The molecule has 158 valence electrons. The predicted octanol–water partition coefficient (Wildman–Crippen LogP) is 4.75. The van der Waals surface area contributed by atoms with Gasteiger partial charge in [0.15, 0.2) is 0 Å². The average Bonchev–Trinajstić information content (AvgIpc) is 2.76. The van der Waals surface area contributed by atoms with Crippen molar-refractivity contribution in [3.63, 3.8) is 0 Å². The number of nitro benzene ring substituents is 1. The normalized spacial score (nSPS) is 10.4. The standard InChI is InChI=1S/C24H23N3O4/c1-3-26(20-8-5-4-6-9-20)23(28)16-18-12-14-19(15-13-18)25-24(29)21-10-7-11-22(17(21)2)27(30)31/h4-15H,3,16H2,1-2H3,(H,25,29). The van der Waals surface area contributed by atoms with E-state index in [1.807, 2.05) is 37.3 Å². The zero-order chi connectivity index (χ0) is 22.4. The number of para-hydroxylation sites is 1. The number of benzene rings is 3. The van der Waals surface area contributed by atoms with Crippen molar-refractivity contribution >= 4 is 28.9 Å². The van der Waals surface area contributed by atoms with Gasteiger partial charge in [0.25, 0.3) is 11.6 Å². The summed E-state index contributed by atoms with van der Waals surface area (Å²) < 4.78 is 0. The molecule has 7 heteroatoms. The van der Waals surface area contributed by atoms with Crippen molar-refractivity contribution in [2.24, 2.45) is 0 Å². The third-order valence-electron chi connectivity index (χ3n) is 5.00. The Labute approximate surface area is 180 Å². The van der Waals surface area contributed by atoms with Crippen LogP contribution < -0.4 is 10.2 Å². The fourth-order valence-electron chi connectivity index (χ4n) is 3.35. The molecule has 3 aromatic rings. The molecule has 0 bridgehead atoms. The third kappa shape index (κ3) is 5.14. The van der Waals surface area contributed by atoms with E-state index in [-0.39, 0.29) is 23.6 Å². The molecular weight excluding hydrogens is 394 g/mol. The molecule has 0 spiro atoms. The van der Waals surface area contributed by atoms with Crippen molar-refractivity contribution in [3.05, 3.63) is 99.6 Å². The van der Waals surface area contributed by atoms with Crippen molar-refractivity contribution in [1.82, 2.24) is 0 Å². The summed E-state index contributed by atoms with van der Waals surface area (Å²) in [5.41, 5.74) is 2.68. The summed E-state index contributed by atoms with van der Waals surface area (Å²) in [5.74, 6) is -0.441. The second-order valence-electron chi connectivity index (χ2n) is 7.01. The lowest BCUT2D eigenvalue weighted by Crippen LogP contribution is -2.31. The van der Waals surface area contributed by atoms with Crippen LogP contribution in [-0.4, -0.2) is 23.3 Å². The number of rotatable bonds is 7. The van der Waals surface area contributed by atoms with E-state index in [2.05, 4.69) is 5.32 Å². The second kappa shape index (κ2) is 9.67. The molecule has 0 fully saturated rings. The SMILES string of the molecule is CCN(C(=O)Cc1ccc(NC(=O)c2cccc([N+](=O)[O-])c2C)cc1)c1ccccc1. The van der Waals surface area contributed by atoms with E-state index in [9.17, 15) is 19.7 Å².